The van der Waals surface area contributed by atoms with Crippen LogP contribution in [-0.2, 0) is 4.79 Å². The molecule has 0 bridgehead atoms. The average molecular weight is 505 g/mol. The zero-order chi connectivity index (χ0) is 19.5. The Hall–Kier alpha value is -1.75. The lowest BCUT2D eigenvalue weighted by atomic mass is 10.1. The molecule has 0 atom stereocenters. The lowest BCUT2D eigenvalue weighted by molar-refractivity contribution is -0.119. The number of benzene rings is 1. The van der Waals surface area contributed by atoms with Gasteiger partial charge in [0, 0.05) is 38.8 Å². The summed E-state index contributed by atoms with van der Waals surface area (Å²) in [5.74, 6) is 2.12. The molecule has 8 nitrogen and oxygen atoms in total. The van der Waals surface area contributed by atoms with Crippen molar-refractivity contribution in [1.82, 2.24) is 15.5 Å². The summed E-state index contributed by atoms with van der Waals surface area (Å²) in [7, 11) is 3.41. The molecule has 0 radical (unpaired) electrons. The maximum atomic E-state index is 11.0. The standard InChI is InChI=1S/C19H31N5O3.HI/c1-21-19(23-15-7-10-24(11-8-15)14-18(20)25)22-9-4-12-27-17-6-3-5-16(13-17)26-2;/h3,5-6,13,15H,4,7-12,14H2,1-2H3,(H2,20,25)(H2,21,22,23);1H. The summed E-state index contributed by atoms with van der Waals surface area (Å²) in [5, 5.41) is 6.76. The molecule has 2 rings (SSSR count). The number of aliphatic imine (C=N–C) groups is 1. The van der Waals surface area contributed by atoms with Gasteiger partial charge in [0.05, 0.1) is 20.3 Å². The summed E-state index contributed by atoms with van der Waals surface area (Å²) in [5.41, 5.74) is 5.25. The number of guanidine groups is 1. The van der Waals surface area contributed by atoms with Crippen LogP contribution in [0.2, 0.25) is 0 Å². The van der Waals surface area contributed by atoms with Gasteiger partial charge in [-0.15, -0.1) is 24.0 Å². The van der Waals surface area contributed by atoms with Crippen LogP contribution in [0.4, 0.5) is 0 Å². The molecule has 9 heteroatoms. The highest BCUT2D eigenvalue weighted by Crippen LogP contribution is 2.18. The van der Waals surface area contributed by atoms with Crippen molar-refractivity contribution in [1.29, 1.82) is 0 Å². The van der Waals surface area contributed by atoms with E-state index in [0.717, 1.165) is 56.4 Å². The Balaban J connectivity index is 0.00000392. The van der Waals surface area contributed by atoms with Crippen molar-refractivity contribution >= 4 is 35.8 Å². The number of nitrogens with zero attached hydrogens (tertiary/aromatic N) is 2. The van der Waals surface area contributed by atoms with E-state index >= 15 is 0 Å². The third-order valence-corrected chi connectivity index (χ3v) is 4.45. The number of halogens is 1. The van der Waals surface area contributed by atoms with Crippen molar-refractivity contribution in [3.05, 3.63) is 24.3 Å². The van der Waals surface area contributed by atoms with E-state index in [0.29, 0.717) is 19.2 Å². The van der Waals surface area contributed by atoms with Crippen LogP contribution in [0.15, 0.2) is 29.3 Å². The molecule has 0 aromatic heterocycles. The van der Waals surface area contributed by atoms with E-state index in [1.54, 1.807) is 14.2 Å². The van der Waals surface area contributed by atoms with Crippen LogP contribution in [-0.4, -0.2) is 69.8 Å². The van der Waals surface area contributed by atoms with Gasteiger partial charge in [-0.05, 0) is 31.4 Å². The Labute approximate surface area is 184 Å². The van der Waals surface area contributed by atoms with Crippen molar-refractivity contribution < 1.29 is 14.3 Å². The van der Waals surface area contributed by atoms with Gasteiger partial charge in [0.2, 0.25) is 5.91 Å². The summed E-state index contributed by atoms with van der Waals surface area (Å²) in [6.45, 7) is 3.46. The third kappa shape index (κ3) is 8.96. The molecule has 0 saturated carbocycles. The van der Waals surface area contributed by atoms with Gasteiger partial charge in [-0.3, -0.25) is 14.7 Å². The highest BCUT2D eigenvalue weighted by atomic mass is 127. The Morgan fingerprint density at radius 2 is 2.04 bits per heavy atom. The first-order valence-electron chi connectivity index (χ1n) is 9.35. The number of ether oxygens (including phenoxy) is 2. The van der Waals surface area contributed by atoms with Gasteiger partial charge in [0.25, 0.3) is 0 Å². The van der Waals surface area contributed by atoms with Crippen LogP contribution >= 0.6 is 24.0 Å². The lowest BCUT2D eigenvalue weighted by Gasteiger charge is -2.32. The van der Waals surface area contributed by atoms with Gasteiger partial charge in [0.1, 0.15) is 11.5 Å². The van der Waals surface area contributed by atoms with Crippen molar-refractivity contribution in [2.45, 2.75) is 25.3 Å². The molecular weight excluding hydrogens is 473 g/mol. The summed E-state index contributed by atoms with van der Waals surface area (Å²) in [6, 6.07) is 7.95. The SMILES string of the molecule is CN=C(NCCCOc1cccc(OC)c1)NC1CCN(CC(N)=O)CC1.I. The van der Waals surface area contributed by atoms with Crippen LogP contribution in [0.1, 0.15) is 19.3 Å². The van der Waals surface area contributed by atoms with Crippen molar-refractivity contribution in [3.8, 4) is 11.5 Å². The second-order valence-corrected chi connectivity index (χ2v) is 6.54. The van der Waals surface area contributed by atoms with E-state index in [4.69, 9.17) is 15.2 Å². The Bertz CT molecular complexity index is 621. The summed E-state index contributed by atoms with van der Waals surface area (Å²) in [4.78, 5) is 17.4. The summed E-state index contributed by atoms with van der Waals surface area (Å²) in [6.07, 6.45) is 2.79. The zero-order valence-corrected chi connectivity index (χ0v) is 19.0. The number of nitrogens with one attached hydrogen (secondary N) is 2. The molecule has 158 valence electrons. The number of hydrogen-bond donors (Lipinski definition) is 3. The minimum Gasteiger partial charge on any atom is -0.497 e. The highest BCUT2D eigenvalue weighted by Gasteiger charge is 2.20. The number of primary amides is 1. The second-order valence-electron chi connectivity index (χ2n) is 6.54. The largest absolute Gasteiger partial charge is 0.497 e. The Kier molecular flexibility index (Phi) is 11.7. The van der Waals surface area contributed by atoms with Crippen LogP contribution in [0, 0.1) is 0 Å². The second kappa shape index (κ2) is 13.4. The molecule has 1 aromatic carbocycles. The summed E-state index contributed by atoms with van der Waals surface area (Å²) < 4.78 is 10.9. The zero-order valence-electron chi connectivity index (χ0n) is 16.6. The monoisotopic (exact) mass is 505 g/mol. The number of carbonyl (C=O) groups is 1. The number of hydrogen-bond acceptors (Lipinski definition) is 5. The number of nitrogens with two attached hydrogens (primary N) is 1. The molecular formula is C19H32IN5O3. The fourth-order valence-corrected chi connectivity index (χ4v) is 3.00. The number of amides is 1. The molecule has 0 spiro atoms. The third-order valence-electron chi connectivity index (χ3n) is 4.45. The van der Waals surface area contributed by atoms with E-state index in [-0.39, 0.29) is 29.9 Å². The first-order chi connectivity index (χ1) is 13.1. The normalized spacial score (nSPS) is 15.4. The predicted molar refractivity (Wildman–Crippen MR) is 122 cm³/mol. The highest BCUT2D eigenvalue weighted by molar-refractivity contribution is 14.0. The Morgan fingerprint density at radius 1 is 1.32 bits per heavy atom. The number of piperidine rings is 1. The van der Waals surface area contributed by atoms with Crippen molar-refractivity contribution in [3.63, 3.8) is 0 Å². The minimum atomic E-state index is -0.268. The predicted octanol–water partition coefficient (Wildman–Crippen LogP) is 1.20. The molecule has 0 unspecified atom stereocenters. The van der Waals surface area contributed by atoms with Crippen LogP contribution in [0.3, 0.4) is 0 Å². The molecule has 1 saturated heterocycles. The van der Waals surface area contributed by atoms with Crippen molar-refractivity contribution in [2.24, 2.45) is 10.7 Å². The fourth-order valence-electron chi connectivity index (χ4n) is 3.00. The fraction of sp³-hybridized carbons (Fsp3) is 0.579. The molecule has 1 heterocycles. The molecule has 1 amide bonds. The number of rotatable bonds is 9. The Morgan fingerprint density at radius 3 is 2.68 bits per heavy atom. The van der Waals surface area contributed by atoms with Gasteiger partial charge < -0.3 is 25.8 Å². The molecule has 0 aliphatic carbocycles. The maximum absolute atomic E-state index is 11.0. The maximum Gasteiger partial charge on any atom is 0.231 e. The number of methoxy groups -OCH3 is 1. The molecule has 1 aromatic rings. The van der Waals surface area contributed by atoms with E-state index in [2.05, 4.69) is 20.5 Å². The van der Waals surface area contributed by atoms with E-state index in [1.165, 1.54) is 0 Å². The van der Waals surface area contributed by atoms with Crippen LogP contribution in [0.25, 0.3) is 0 Å². The first kappa shape index (κ1) is 24.3. The smallest absolute Gasteiger partial charge is 0.231 e. The number of likely N-dealkylation sites (tertiary alicyclic amines) is 1. The van der Waals surface area contributed by atoms with Crippen LogP contribution in [0.5, 0.6) is 11.5 Å². The quantitative estimate of drug-likeness (QED) is 0.202. The average Bonchev–Trinajstić information content (AvgIpc) is 2.68. The minimum absolute atomic E-state index is 0. The summed E-state index contributed by atoms with van der Waals surface area (Å²) >= 11 is 0. The van der Waals surface area contributed by atoms with E-state index < -0.39 is 0 Å². The lowest BCUT2D eigenvalue weighted by Crippen LogP contribution is -2.50. The van der Waals surface area contributed by atoms with Gasteiger partial charge in [-0.2, -0.15) is 0 Å². The van der Waals surface area contributed by atoms with Gasteiger partial charge in [0.15, 0.2) is 5.96 Å². The molecule has 1 aliphatic heterocycles. The molecule has 1 aliphatic rings. The van der Waals surface area contributed by atoms with E-state index in [9.17, 15) is 4.79 Å². The molecule has 4 N–H and O–H groups in total. The van der Waals surface area contributed by atoms with Crippen LogP contribution < -0.4 is 25.8 Å². The van der Waals surface area contributed by atoms with Gasteiger partial charge >= 0.3 is 0 Å². The molecule has 28 heavy (non-hydrogen) atoms. The molecule has 1 fully saturated rings. The van der Waals surface area contributed by atoms with Gasteiger partial charge in [-0.1, -0.05) is 6.07 Å². The van der Waals surface area contributed by atoms with E-state index in [1.807, 2.05) is 24.3 Å². The topological polar surface area (TPSA) is 101 Å². The van der Waals surface area contributed by atoms with Crippen molar-refractivity contribution in [2.75, 3.05) is 46.9 Å². The number of carbonyl (C=O) groups excluding carboxylic acids is 1. The van der Waals surface area contributed by atoms with Gasteiger partial charge in [-0.25, -0.2) is 0 Å². The first-order valence-corrected chi connectivity index (χ1v) is 9.35.